The lowest BCUT2D eigenvalue weighted by atomic mass is 10.1. The first-order valence-corrected chi connectivity index (χ1v) is 6.91. The molecule has 0 bridgehead atoms. The molecule has 0 aromatic heterocycles. The minimum absolute atomic E-state index is 0.0365. The van der Waals surface area contributed by atoms with Crippen LogP contribution in [-0.4, -0.2) is 11.8 Å². The number of primary amides is 2. The minimum Gasteiger partial charge on any atom is -0.366 e. The van der Waals surface area contributed by atoms with Crippen molar-refractivity contribution in [1.82, 2.24) is 0 Å². The first-order valence-electron chi connectivity index (χ1n) is 3.74. The number of amides is 2. The molecular weight excluding hydrogens is 476 g/mol. The van der Waals surface area contributed by atoms with E-state index in [9.17, 15) is 9.59 Å². The number of hydrogen-bond donors (Lipinski definition) is 2. The van der Waals surface area contributed by atoms with Gasteiger partial charge in [-0.15, -0.1) is 0 Å². The second kappa shape index (κ2) is 5.16. The molecule has 4 N–H and O–H groups in total. The van der Waals surface area contributed by atoms with Gasteiger partial charge < -0.3 is 11.5 Å². The Hall–Kier alpha value is 0.0800. The van der Waals surface area contributed by atoms with Crippen LogP contribution in [0.3, 0.4) is 0 Å². The van der Waals surface area contributed by atoms with Crippen LogP contribution in [0.5, 0.6) is 0 Å². The maximum absolute atomic E-state index is 11.3. The summed E-state index contributed by atoms with van der Waals surface area (Å²) in [7, 11) is 0. The quantitative estimate of drug-likeness (QED) is 0.505. The van der Waals surface area contributed by atoms with Gasteiger partial charge in [-0.05, 0) is 63.7 Å². The van der Waals surface area contributed by atoms with Gasteiger partial charge in [-0.3, -0.25) is 9.59 Å². The summed E-state index contributed by atoms with van der Waals surface area (Å²) < 4.78 is 1.89. The largest absolute Gasteiger partial charge is 0.366 e. The molecule has 0 aliphatic carbocycles. The lowest BCUT2D eigenvalue weighted by molar-refractivity contribution is 0.0966. The fraction of sp³-hybridized carbons (Fsp3) is 0. The van der Waals surface area contributed by atoms with E-state index in [4.69, 9.17) is 11.5 Å². The normalized spacial score (nSPS) is 10.2. The summed E-state index contributed by atoms with van der Waals surface area (Å²) in [5.74, 6) is -1.48. The van der Waals surface area contributed by atoms with Crippen LogP contribution in [0.2, 0.25) is 0 Å². The zero-order valence-corrected chi connectivity index (χ0v) is 13.8. The summed E-state index contributed by atoms with van der Waals surface area (Å²) >= 11 is 12.9. The number of benzene rings is 1. The van der Waals surface area contributed by atoms with Crippen molar-refractivity contribution in [2.75, 3.05) is 0 Å². The molecule has 1 aromatic carbocycles. The third-order valence-electron chi connectivity index (χ3n) is 1.76. The number of carbonyl (C=O) groups excluding carboxylic acids is 2. The van der Waals surface area contributed by atoms with Crippen molar-refractivity contribution in [3.63, 3.8) is 0 Å². The smallest absolute Gasteiger partial charge is 0.250 e. The predicted molar refractivity (Wildman–Crippen MR) is 74.3 cm³/mol. The van der Waals surface area contributed by atoms with Crippen molar-refractivity contribution in [2.45, 2.75) is 0 Å². The fourth-order valence-corrected chi connectivity index (χ4v) is 3.60. The number of halogens is 4. The van der Waals surface area contributed by atoms with Gasteiger partial charge in [0.1, 0.15) is 0 Å². The highest BCUT2D eigenvalue weighted by molar-refractivity contribution is 9.15. The van der Waals surface area contributed by atoms with Crippen LogP contribution in [0.1, 0.15) is 20.7 Å². The Morgan fingerprint density at radius 1 is 0.688 bits per heavy atom. The Morgan fingerprint density at radius 3 is 1.12 bits per heavy atom. The maximum atomic E-state index is 11.3. The summed E-state index contributed by atoms with van der Waals surface area (Å²) in [4.78, 5) is 22.6. The average molecular weight is 480 g/mol. The van der Waals surface area contributed by atoms with E-state index < -0.39 is 11.8 Å². The zero-order chi connectivity index (χ0) is 12.6. The summed E-state index contributed by atoms with van der Waals surface area (Å²) in [6.07, 6.45) is 0. The Morgan fingerprint density at radius 2 is 0.938 bits per heavy atom. The molecule has 1 rings (SSSR count). The lowest BCUT2D eigenvalue weighted by Gasteiger charge is -2.12. The fourth-order valence-electron chi connectivity index (χ4n) is 1.09. The monoisotopic (exact) mass is 476 g/mol. The molecule has 86 valence electrons. The molecule has 0 aliphatic rings. The molecule has 8 heteroatoms. The third kappa shape index (κ3) is 2.34. The van der Waals surface area contributed by atoms with Crippen LogP contribution in [0.25, 0.3) is 0 Å². The molecule has 0 unspecified atom stereocenters. The second-order valence-electron chi connectivity index (χ2n) is 2.73. The maximum Gasteiger partial charge on any atom is 0.250 e. The van der Waals surface area contributed by atoms with E-state index in [0.29, 0.717) is 17.9 Å². The first-order chi connectivity index (χ1) is 7.29. The predicted octanol–water partition coefficient (Wildman–Crippen LogP) is 2.93. The third-order valence-corrected chi connectivity index (χ3v) is 6.53. The second-order valence-corrected chi connectivity index (χ2v) is 5.91. The van der Waals surface area contributed by atoms with E-state index in [1.165, 1.54) is 0 Å². The van der Waals surface area contributed by atoms with E-state index >= 15 is 0 Å². The molecule has 1 aromatic rings. The lowest BCUT2D eigenvalue weighted by Crippen LogP contribution is -2.22. The molecule has 0 heterocycles. The molecule has 0 saturated heterocycles. The summed E-state index contributed by atoms with van der Waals surface area (Å²) in [5, 5.41) is 0. The van der Waals surface area contributed by atoms with Gasteiger partial charge in [0.15, 0.2) is 0 Å². The molecule has 0 aliphatic heterocycles. The number of carbonyl (C=O) groups is 2. The topological polar surface area (TPSA) is 86.2 Å². The zero-order valence-electron chi connectivity index (χ0n) is 7.48. The molecule has 2 amide bonds. The van der Waals surface area contributed by atoms with Crippen LogP contribution >= 0.6 is 63.7 Å². The van der Waals surface area contributed by atoms with E-state index in [-0.39, 0.29) is 11.1 Å². The number of hydrogen-bond acceptors (Lipinski definition) is 2. The van der Waals surface area contributed by atoms with Crippen molar-refractivity contribution in [2.24, 2.45) is 11.5 Å². The first kappa shape index (κ1) is 14.1. The number of rotatable bonds is 2. The van der Waals surface area contributed by atoms with E-state index in [1.807, 2.05) is 0 Å². The molecule has 16 heavy (non-hydrogen) atoms. The standard InChI is InChI=1S/C8H4Br4N2O2/c9-3-1(7(13)15)2(8(14)16)4(10)6(12)5(3)11/h(H2,13,15)(H2,14,16). The van der Waals surface area contributed by atoms with Gasteiger partial charge in [0.25, 0.3) is 11.8 Å². The molecule has 0 atom stereocenters. The van der Waals surface area contributed by atoms with E-state index in [0.717, 1.165) is 0 Å². The summed E-state index contributed by atoms with van der Waals surface area (Å²) in [6, 6.07) is 0. The van der Waals surface area contributed by atoms with Crippen molar-refractivity contribution < 1.29 is 9.59 Å². The average Bonchev–Trinajstić information content (AvgIpc) is 2.18. The molecule has 0 fully saturated rings. The highest BCUT2D eigenvalue weighted by Gasteiger charge is 2.25. The minimum atomic E-state index is -0.741. The highest BCUT2D eigenvalue weighted by atomic mass is 79.9. The summed E-state index contributed by atoms with van der Waals surface area (Å²) in [5.41, 5.74) is 10.5. The van der Waals surface area contributed by atoms with Crippen molar-refractivity contribution in [3.8, 4) is 0 Å². The van der Waals surface area contributed by atoms with E-state index in [2.05, 4.69) is 63.7 Å². The van der Waals surface area contributed by atoms with Crippen LogP contribution in [0.15, 0.2) is 17.9 Å². The van der Waals surface area contributed by atoms with Crippen LogP contribution < -0.4 is 11.5 Å². The Bertz CT molecular complexity index is 457. The van der Waals surface area contributed by atoms with Gasteiger partial charge in [0.2, 0.25) is 0 Å². The van der Waals surface area contributed by atoms with Gasteiger partial charge in [-0.2, -0.15) is 0 Å². The van der Waals surface area contributed by atoms with Crippen molar-refractivity contribution in [3.05, 3.63) is 29.0 Å². The Kier molecular flexibility index (Phi) is 4.56. The van der Waals surface area contributed by atoms with Gasteiger partial charge in [-0.1, -0.05) is 0 Å². The van der Waals surface area contributed by atoms with Gasteiger partial charge in [0.05, 0.1) is 11.1 Å². The van der Waals surface area contributed by atoms with Crippen molar-refractivity contribution in [1.29, 1.82) is 0 Å². The molecular formula is C8H4Br4N2O2. The Balaban J connectivity index is 3.83. The summed E-state index contributed by atoms with van der Waals surface area (Å²) in [6.45, 7) is 0. The van der Waals surface area contributed by atoms with Gasteiger partial charge in [-0.25, -0.2) is 0 Å². The van der Waals surface area contributed by atoms with Crippen molar-refractivity contribution >= 4 is 75.5 Å². The SMILES string of the molecule is NC(=O)c1c(Br)c(Br)c(Br)c(Br)c1C(N)=O. The number of nitrogens with two attached hydrogens (primary N) is 2. The van der Waals surface area contributed by atoms with E-state index in [1.54, 1.807) is 0 Å². The van der Waals surface area contributed by atoms with Gasteiger partial charge in [0, 0.05) is 17.9 Å². The van der Waals surface area contributed by atoms with Crippen LogP contribution in [-0.2, 0) is 0 Å². The van der Waals surface area contributed by atoms with Crippen LogP contribution in [0, 0.1) is 0 Å². The molecule has 0 saturated carbocycles. The highest BCUT2D eigenvalue weighted by Crippen LogP contribution is 2.41. The Labute approximate surface area is 125 Å². The van der Waals surface area contributed by atoms with Gasteiger partial charge >= 0.3 is 0 Å². The molecule has 0 radical (unpaired) electrons. The molecule has 4 nitrogen and oxygen atoms in total. The molecule has 0 spiro atoms. The van der Waals surface area contributed by atoms with Crippen LogP contribution in [0.4, 0.5) is 0 Å².